The van der Waals surface area contributed by atoms with Gasteiger partial charge in [-0.1, -0.05) is 12.1 Å². The van der Waals surface area contributed by atoms with E-state index in [1.807, 2.05) is 24.4 Å². The van der Waals surface area contributed by atoms with Gasteiger partial charge in [0.2, 0.25) is 5.95 Å². The molecule has 32 heavy (non-hydrogen) atoms. The smallest absolute Gasteiger partial charge is 0.225 e. The second-order valence-corrected chi connectivity index (χ2v) is 8.40. The molecule has 2 aliphatic rings. The summed E-state index contributed by atoms with van der Waals surface area (Å²) in [4.78, 5) is 16.6. The molecule has 7 heteroatoms. The van der Waals surface area contributed by atoms with Gasteiger partial charge in [-0.3, -0.25) is 4.90 Å². The molecular formula is C25H28FN5O. The number of ether oxygens (including phenoxy) is 1. The van der Waals surface area contributed by atoms with Crippen LogP contribution < -0.4 is 14.5 Å². The number of methoxy groups -OCH3 is 1. The van der Waals surface area contributed by atoms with E-state index in [2.05, 4.69) is 31.8 Å². The van der Waals surface area contributed by atoms with E-state index in [0.29, 0.717) is 0 Å². The molecule has 0 atom stereocenters. The molecule has 0 radical (unpaired) electrons. The van der Waals surface area contributed by atoms with Gasteiger partial charge in [0.1, 0.15) is 11.6 Å². The van der Waals surface area contributed by atoms with E-state index < -0.39 is 0 Å². The van der Waals surface area contributed by atoms with Gasteiger partial charge in [0.25, 0.3) is 0 Å². The largest absolute Gasteiger partial charge is 0.497 e. The summed E-state index contributed by atoms with van der Waals surface area (Å²) in [6.45, 7) is 6.14. The van der Waals surface area contributed by atoms with Gasteiger partial charge in [-0.25, -0.2) is 14.4 Å². The SMILES string of the molecule is COc1ccc(N2CCN(c3ncc4c(n3)CCN(Cc3cccc(F)c3)C4)CC2)cc1. The monoisotopic (exact) mass is 433 g/mol. The Morgan fingerprint density at radius 3 is 2.50 bits per heavy atom. The molecule has 5 rings (SSSR count). The first-order valence-corrected chi connectivity index (χ1v) is 11.1. The molecule has 0 unspecified atom stereocenters. The molecule has 3 aromatic rings. The summed E-state index contributed by atoms with van der Waals surface area (Å²) in [5, 5.41) is 0. The van der Waals surface area contributed by atoms with Crippen molar-refractivity contribution in [2.24, 2.45) is 0 Å². The van der Waals surface area contributed by atoms with Gasteiger partial charge < -0.3 is 14.5 Å². The maximum atomic E-state index is 13.5. The molecule has 3 heterocycles. The molecule has 0 saturated carbocycles. The second-order valence-electron chi connectivity index (χ2n) is 8.40. The fourth-order valence-electron chi connectivity index (χ4n) is 4.50. The first-order chi connectivity index (χ1) is 15.7. The van der Waals surface area contributed by atoms with Crippen molar-refractivity contribution in [1.29, 1.82) is 0 Å². The first-order valence-electron chi connectivity index (χ1n) is 11.1. The topological polar surface area (TPSA) is 44.7 Å². The van der Waals surface area contributed by atoms with Crippen molar-refractivity contribution in [1.82, 2.24) is 14.9 Å². The third-order valence-corrected chi connectivity index (χ3v) is 6.30. The highest BCUT2D eigenvalue weighted by Crippen LogP contribution is 2.24. The molecule has 6 nitrogen and oxygen atoms in total. The summed E-state index contributed by atoms with van der Waals surface area (Å²) >= 11 is 0. The van der Waals surface area contributed by atoms with Gasteiger partial charge in [0, 0.05) is 69.7 Å². The van der Waals surface area contributed by atoms with E-state index >= 15 is 0 Å². The average molecular weight is 434 g/mol. The summed E-state index contributed by atoms with van der Waals surface area (Å²) in [5.74, 6) is 1.53. The van der Waals surface area contributed by atoms with E-state index in [1.165, 1.54) is 17.3 Å². The summed E-state index contributed by atoms with van der Waals surface area (Å²) in [6.07, 6.45) is 2.87. The van der Waals surface area contributed by atoms with E-state index in [1.54, 1.807) is 19.2 Å². The highest BCUT2D eigenvalue weighted by Gasteiger charge is 2.23. The lowest BCUT2D eigenvalue weighted by Gasteiger charge is -2.36. The van der Waals surface area contributed by atoms with E-state index in [0.717, 1.165) is 75.2 Å². The number of aromatic nitrogens is 2. The predicted octanol–water partition coefficient (Wildman–Crippen LogP) is 3.51. The van der Waals surface area contributed by atoms with Crippen LogP contribution in [0.3, 0.4) is 0 Å². The van der Waals surface area contributed by atoms with Gasteiger partial charge in [-0.2, -0.15) is 0 Å². The van der Waals surface area contributed by atoms with Crippen LogP contribution in [0.2, 0.25) is 0 Å². The molecule has 0 spiro atoms. The summed E-state index contributed by atoms with van der Waals surface area (Å²) in [5.41, 5.74) is 4.53. The number of rotatable bonds is 5. The highest BCUT2D eigenvalue weighted by molar-refractivity contribution is 5.51. The van der Waals surface area contributed by atoms with Crippen LogP contribution in [-0.4, -0.2) is 54.7 Å². The highest BCUT2D eigenvalue weighted by atomic mass is 19.1. The third kappa shape index (κ3) is 4.53. The van der Waals surface area contributed by atoms with Gasteiger partial charge in [0.15, 0.2) is 0 Å². The van der Waals surface area contributed by atoms with Crippen molar-refractivity contribution in [2.45, 2.75) is 19.5 Å². The zero-order valence-electron chi connectivity index (χ0n) is 18.4. The average Bonchev–Trinajstić information content (AvgIpc) is 2.84. The van der Waals surface area contributed by atoms with Crippen LogP contribution in [0.1, 0.15) is 16.8 Å². The predicted molar refractivity (Wildman–Crippen MR) is 124 cm³/mol. The van der Waals surface area contributed by atoms with Crippen LogP contribution in [0.15, 0.2) is 54.7 Å². The van der Waals surface area contributed by atoms with Crippen LogP contribution in [0.4, 0.5) is 16.0 Å². The molecular weight excluding hydrogens is 405 g/mol. The van der Waals surface area contributed by atoms with Crippen molar-refractivity contribution in [3.05, 3.63) is 77.4 Å². The van der Waals surface area contributed by atoms with E-state index in [9.17, 15) is 4.39 Å². The minimum atomic E-state index is -0.181. The molecule has 0 aliphatic carbocycles. The third-order valence-electron chi connectivity index (χ3n) is 6.30. The number of halogens is 1. The van der Waals surface area contributed by atoms with E-state index in [4.69, 9.17) is 9.72 Å². The molecule has 166 valence electrons. The lowest BCUT2D eigenvalue weighted by Crippen LogP contribution is -2.47. The van der Waals surface area contributed by atoms with Crippen LogP contribution in [-0.2, 0) is 19.5 Å². The van der Waals surface area contributed by atoms with Crippen molar-refractivity contribution in [2.75, 3.05) is 49.6 Å². The molecule has 2 aromatic carbocycles. The minimum Gasteiger partial charge on any atom is -0.497 e. The first kappa shape index (κ1) is 20.7. The zero-order valence-corrected chi connectivity index (χ0v) is 18.4. The molecule has 0 amide bonds. The second kappa shape index (κ2) is 9.12. The van der Waals surface area contributed by atoms with Gasteiger partial charge in [-0.15, -0.1) is 0 Å². The van der Waals surface area contributed by atoms with Crippen molar-refractivity contribution >= 4 is 11.6 Å². The van der Waals surface area contributed by atoms with Gasteiger partial charge in [0.05, 0.1) is 12.8 Å². The zero-order chi connectivity index (χ0) is 21.9. The summed E-state index contributed by atoms with van der Waals surface area (Å²) in [7, 11) is 1.69. The Bertz CT molecular complexity index is 1070. The van der Waals surface area contributed by atoms with Crippen LogP contribution in [0.5, 0.6) is 5.75 Å². The van der Waals surface area contributed by atoms with Crippen molar-refractivity contribution in [3.63, 3.8) is 0 Å². The summed E-state index contributed by atoms with van der Waals surface area (Å²) < 4.78 is 18.7. The van der Waals surface area contributed by atoms with Crippen molar-refractivity contribution in [3.8, 4) is 5.75 Å². The number of hydrogen-bond acceptors (Lipinski definition) is 6. The summed E-state index contributed by atoms with van der Waals surface area (Å²) in [6, 6.07) is 15.1. The van der Waals surface area contributed by atoms with Crippen LogP contribution in [0, 0.1) is 5.82 Å². The number of hydrogen-bond donors (Lipinski definition) is 0. The Morgan fingerprint density at radius 1 is 0.969 bits per heavy atom. The molecule has 0 N–H and O–H groups in total. The lowest BCUT2D eigenvalue weighted by molar-refractivity contribution is 0.242. The van der Waals surface area contributed by atoms with E-state index in [-0.39, 0.29) is 5.82 Å². The molecule has 1 saturated heterocycles. The normalized spacial score (nSPS) is 16.7. The van der Waals surface area contributed by atoms with Gasteiger partial charge in [-0.05, 0) is 42.0 Å². The molecule has 1 fully saturated rings. The Kier molecular flexibility index (Phi) is 5.90. The maximum Gasteiger partial charge on any atom is 0.225 e. The number of piperazine rings is 1. The Balaban J connectivity index is 1.20. The molecule has 2 aliphatic heterocycles. The van der Waals surface area contributed by atoms with Gasteiger partial charge >= 0.3 is 0 Å². The number of fused-ring (bicyclic) bond motifs is 1. The number of benzene rings is 2. The number of nitrogens with zero attached hydrogens (tertiary/aromatic N) is 5. The fraction of sp³-hybridized carbons (Fsp3) is 0.360. The fourth-order valence-corrected chi connectivity index (χ4v) is 4.50. The van der Waals surface area contributed by atoms with Crippen LogP contribution in [0.25, 0.3) is 0 Å². The lowest BCUT2D eigenvalue weighted by atomic mass is 10.1. The minimum absolute atomic E-state index is 0.181. The quantitative estimate of drug-likeness (QED) is 0.614. The maximum absolute atomic E-state index is 13.5. The van der Waals surface area contributed by atoms with Crippen LogP contribution >= 0.6 is 0 Å². The Hall–Kier alpha value is -3.19. The number of anilines is 2. The van der Waals surface area contributed by atoms with Crippen molar-refractivity contribution < 1.29 is 9.13 Å². The Labute approximate surface area is 188 Å². The Morgan fingerprint density at radius 2 is 1.75 bits per heavy atom. The standard InChI is InChI=1S/C25H28FN5O/c1-32-23-7-5-22(6-8-23)30-11-13-31(14-12-30)25-27-16-20-18-29(10-9-24(20)28-25)17-19-3-2-4-21(26)15-19/h2-8,15-16H,9-14,17-18H2,1H3. The molecule has 1 aromatic heterocycles. The molecule has 0 bridgehead atoms.